The Kier molecular flexibility index (Phi) is 5.09. The summed E-state index contributed by atoms with van der Waals surface area (Å²) < 4.78 is 33.0. The van der Waals surface area contributed by atoms with Crippen LogP contribution in [0.5, 0.6) is 0 Å². The van der Waals surface area contributed by atoms with E-state index in [1.165, 1.54) is 12.1 Å². The van der Waals surface area contributed by atoms with E-state index in [4.69, 9.17) is 4.99 Å². The van der Waals surface area contributed by atoms with Crippen molar-refractivity contribution in [3.63, 3.8) is 0 Å². The van der Waals surface area contributed by atoms with Crippen molar-refractivity contribution >= 4 is 38.5 Å². The summed E-state index contributed by atoms with van der Waals surface area (Å²) in [7, 11) is -4.29. The summed E-state index contributed by atoms with van der Waals surface area (Å²) in [6.45, 7) is 0. The molecule has 8 bridgehead atoms. The van der Waals surface area contributed by atoms with Crippen molar-refractivity contribution in [3.8, 4) is 0 Å². The average molecular weight is 518 g/mol. The fraction of sp³-hybridized carbons (Fsp3) is 0. The monoisotopic (exact) mass is 518 g/mol. The van der Waals surface area contributed by atoms with E-state index in [1.54, 1.807) is 12.1 Å². The van der Waals surface area contributed by atoms with Crippen LogP contribution in [-0.4, -0.2) is 35.8 Å². The molecule has 0 unspecified atom stereocenters. The Bertz CT molecular complexity index is 1690. The molecule has 0 spiro atoms. The molecule has 170 valence electrons. The summed E-state index contributed by atoms with van der Waals surface area (Å²) in [6, 6.07) is 6.00. The minimum absolute atomic E-state index is 0.175. The van der Waals surface area contributed by atoms with Gasteiger partial charge in [-0.2, -0.15) is 0 Å². The number of allylic oxidation sites excluding steroid dienone is 12. The molecule has 7 nitrogen and oxygen atoms in total. The first-order valence-electron chi connectivity index (χ1n) is 10.6. The molecule has 1 aromatic carbocycles. The summed E-state index contributed by atoms with van der Waals surface area (Å²) >= 11 is 3.69. The van der Waals surface area contributed by atoms with Crippen molar-refractivity contribution in [2.45, 2.75) is 4.90 Å². The second-order valence-corrected chi connectivity index (χ2v) is 10.0. The van der Waals surface area contributed by atoms with Crippen molar-refractivity contribution in [2.75, 3.05) is 0 Å². The molecule has 1 aromatic rings. The fourth-order valence-corrected chi connectivity index (χ4v) is 4.94. The van der Waals surface area contributed by atoms with Crippen molar-refractivity contribution < 1.29 is 29.0 Å². The van der Waals surface area contributed by atoms with Gasteiger partial charge < -0.3 is 0 Å². The quantitative estimate of drug-likeness (QED) is 0.468. The van der Waals surface area contributed by atoms with Gasteiger partial charge in [-0.15, -0.1) is 0 Å². The molecule has 0 saturated carbocycles. The Labute approximate surface area is 209 Å². The third kappa shape index (κ3) is 4.26. The molecule has 0 aromatic heterocycles. The SMILES string of the molecule is O=S(=O)(O)c1ccc(C2=[C]([Mn])C3=NC2=CC2=NC(=CC4=NC(=CC5=NC(=C3)C=C5)C=C4)C=C2)cc1. The van der Waals surface area contributed by atoms with Gasteiger partial charge in [-0.3, -0.25) is 0 Å². The van der Waals surface area contributed by atoms with Crippen LogP contribution < -0.4 is 0 Å². The molecule has 0 aliphatic carbocycles. The maximum absolute atomic E-state index is 11.5. The standard InChI is InChI=1S/C26H15N4O3S.Mn/c31-34(32,33)24-9-1-16(2-10-24)25-14-23-13-21-6-5-19(28-21)11-17-3-4-18(27-17)12-20-7-8-22(29-20)15-26(25)30-23;/h1-13,15H,(H,31,32,33);. The third-order valence-corrected chi connectivity index (χ3v) is 7.06. The Hall–Kier alpha value is -3.75. The summed E-state index contributed by atoms with van der Waals surface area (Å²) in [6.07, 6.45) is 19.1. The molecule has 9 heteroatoms. The van der Waals surface area contributed by atoms with Gasteiger partial charge in [0.15, 0.2) is 0 Å². The number of rotatable bonds is 2. The van der Waals surface area contributed by atoms with Gasteiger partial charge in [0.25, 0.3) is 0 Å². The number of benzene rings is 1. The Balaban J connectivity index is 1.51. The minimum atomic E-state index is -4.29. The van der Waals surface area contributed by atoms with Gasteiger partial charge in [0.1, 0.15) is 0 Å². The van der Waals surface area contributed by atoms with E-state index in [-0.39, 0.29) is 4.90 Å². The Morgan fingerprint density at radius 3 is 1.71 bits per heavy atom. The molecule has 0 atom stereocenters. The van der Waals surface area contributed by atoms with Crippen LogP contribution in [0.3, 0.4) is 0 Å². The average Bonchev–Trinajstić information content (AvgIpc) is 3.59. The first-order valence-corrected chi connectivity index (χ1v) is 12.6. The number of hydrogen-bond acceptors (Lipinski definition) is 6. The van der Waals surface area contributed by atoms with Crippen molar-refractivity contribution in [3.05, 3.63) is 118 Å². The number of hydrogen-bond donors (Lipinski definition) is 1. The molecule has 35 heavy (non-hydrogen) atoms. The zero-order valence-corrected chi connectivity index (χ0v) is 19.9. The van der Waals surface area contributed by atoms with E-state index in [0.29, 0.717) is 11.4 Å². The van der Waals surface area contributed by atoms with Crippen LogP contribution in [0.1, 0.15) is 5.56 Å². The molecule has 5 heterocycles. The van der Waals surface area contributed by atoms with Gasteiger partial charge in [0.05, 0.1) is 0 Å². The predicted octanol–water partition coefficient (Wildman–Crippen LogP) is 4.23. The van der Waals surface area contributed by atoms with Crippen LogP contribution in [0.4, 0.5) is 0 Å². The molecule has 0 fully saturated rings. The fourth-order valence-electron chi connectivity index (χ4n) is 3.99. The summed E-state index contributed by atoms with van der Waals surface area (Å²) in [5.41, 5.74) is 7.50. The molecule has 6 rings (SSSR count). The van der Waals surface area contributed by atoms with Crippen LogP contribution in [-0.2, 0) is 26.1 Å². The number of nitrogens with zero attached hydrogens (tertiary/aromatic N) is 4. The molecule has 5 aliphatic rings. The second kappa shape index (κ2) is 8.18. The normalized spacial score (nSPS) is 20.3. The van der Waals surface area contributed by atoms with E-state index in [0.717, 1.165) is 49.8 Å². The van der Waals surface area contributed by atoms with Crippen LogP contribution in [0.2, 0.25) is 0 Å². The molecule has 5 aliphatic heterocycles. The van der Waals surface area contributed by atoms with Gasteiger partial charge in [0, 0.05) is 0 Å². The zero-order valence-electron chi connectivity index (χ0n) is 17.9. The van der Waals surface area contributed by atoms with Crippen molar-refractivity contribution in [2.24, 2.45) is 20.0 Å². The maximum atomic E-state index is 11.5. The number of fused-ring (bicyclic) bond motifs is 4. The van der Waals surface area contributed by atoms with Crippen LogP contribution in [0.15, 0.2) is 137 Å². The number of aliphatic imine (C=N–C) groups is 4. The molecule has 0 amide bonds. The second-order valence-electron chi connectivity index (χ2n) is 8.03. The Morgan fingerprint density at radius 1 is 0.657 bits per heavy atom. The van der Waals surface area contributed by atoms with Crippen molar-refractivity contribution in [1.29, 1.82) is 0 Å². The van der Waals surface area contributed by atoms with Crippen LogP contribution in [0, 0.1) is 0 Å². The molecular weight excluding hydrogens is 503 g/mol. The van der Waals surface area contributed by atoms with Gasteiger partial charge in [-0.25, -0.2) is 0 Å². The van der Waals surface area contributed by atoms with E-state index >= 15 is 0 Å². The van der Waals surface area contributed by atoms with Gasteiger partial charge in [-0.05, 0) is 0 Å². The van der Waals surface area contributed by atoms with Gasteiger partial charge >= 0.3 is 210 Å². The van der Waals surface area contributed by atoms with E-state index in [1.807, 2.05) is 60.8 Å². The van der Waals surface area contributed by atoms with Gasteiger partial charge in [-0.1, -0.05) is 0 Å². The van der Waals surface area contributed by atoms with E-state index in [2.05, 4.69) is 31.0 Å². The van der Waals surface area contributed by atoms with E-state index in [9.17, 15) is 13.0 Å². The first kappa shape index (κ1) is 21.8. The summed E-state index contributed by atoms with van der Waals surface area (Å²) in [4.78, 5) is 18.6. The predicted molar refractivity (Wildman–Crippen MR) is 133 cm³/mol. The topological polar surface area (TPSA) is 104 Å². The van der Waals surface area contributed by atoms with Gasteiger partial charge in [0.2, 0.25) is 0 Å². The van der Waals surface area contributed by atoms with Crippen LogP contribution >= 0.6 is 0 Å². The Morgan fingerprint density at radius 2 is 1.17 bits per heavy atom. The third-order valence-electron chi connectivity index (χ3n) is 5.59. The van der Waals surface area contributed by atoms with E-state index < -0.39 is 10.1 Å². The molecule has 0 saturated heterocycles. The first-order chi connectivity index (χ1) is 16.8. The molecule has 0 radical (unpaired) electrons. The molecular formula is C26H15MnN4O3S. The van der Waals surface area contributed by atoms with Crippen LogP contribution in [0.25, 0.3) is 5.57 Å². The molecule has 1 N–H and O–H groups in total. The van der Waals surface area contributed by atoms with Crippen molar-refractivity contribution in [1.82, 2.24) is 0 Å². The summed E-state index contributed by atoms with van der Waals surface area (Å²) in [5.74, 6) is 0. The summed E-state index contributed by atoms with van der Waals surface area (Å²) in [5, 5.41) is 0. The zero-order chi connectivity index (χ0) is 24.2.